The summed E-state index contributed by atoms with van der Waals surface area (Å²) in [7, 11) is -3.59. The number of carbonyl (C=O) groups excluding carboxylic acids is 1. The second-order valence-corrected chi connectivity index (χ2v) is 10.7. The average molecular weight is 485 g/mol. The monoisotopic (exact) mass is 484 g/mol. The molecule has 5 rings (SSSR count). The van der Waals surface area contributed by atoms with E-state index >= 15 is 0 Å². The van der Waals surface area contributed by atoms with E-state index in [1.54, 1.807) is 19.1 Å². The Morgan fingerprint density at radius 2 is 1.85 bits per heavy atom. The van der Waals surface area contributed by atoms with Crippen molar-refractivity contribution in [3.05, 3.63) is 59.2 Å². The maximum absolute atomic E-state index is 14.3. The number of tetrazole rings is 1. The van der Waals surface area contributed by atoms with Gasteiger partial charge in [0.05, 0.1) is 4.90 Å². The Hall–Kier alpha value is -3.18. The number of anilines is 1. The van der Waals surface area contributed by atoms with Gasteiger partial charge in [-0.15, -0.1) is 5.10 Å². The molecule has 0 radical (unpaired) electrons. The normalized spacial score (nSPS) is 17.0. The van der Waals surface area contributed by atoms with Gasteiger partial charge >= 0.3 is 0 Å². The lowest BCUT2D eigenvalue weighted by Crippen LogP contribution is -2.41. The first-order valence-corrected chi connectivity index (χ1v) is 12.7. The van der Waals surface area contributed by atoms with Crippen molar-refractivity contribution in [3.8, 4) is 5.69 Å². The van der Waals surface area contributed by atoms with E-state index in [9.17, 15) is 17.6 Å². The number of fused-ring (bicyclic) bond motifs is 1. The van der Waals surface area contributed by atoms with Crippen molar-refractivity contribution in [2.75, 3.05) is 18.4 Å². The molecule has 11 heteroatoms. The van der Waals surface area contributed by atoms with Crippen LogP contribution in [0.15, 0.2) is 41.3 Å². The first-order chi connectivity index (χ1) is 16.3. The van der Waals surface area contributed by atoms with Crippen LogP contribution in [-0.4, -0.2) is 51.9 Å². The minimum absolute atomic E-state index is 0.135. The largest absolute Gasteiger partial charge is 0.326 e. The molecule has 1 aliphatic carbocycles. The van der Waals surface area contributed by atoms with Gasteiger partial charge < -0.3 is 5.32 Å². The van der Waals surface area contributed by atoms with Gasteiger partial charge in [-0.2, -0.15) is 8.99 Å². The number of rotatable bonds is 5. The van der Waals surface area contributed by atoms with Crippen LogP contribution in [0, 0.1) is 18.7 Å². The molecule has 1 aromatic heterocycles. The molecule has 0 atom stereocenters. The van der Waals surface area contributed by atoms with Gasteiger partial charge in [-0.05, 0) is 90.9 Å². The Morgan fingerprint density at radius 3 is 2.59 bits per heavy atom. The van der Waals surface area contributed by atoms with Crippen LogP contribution in [0.1, 0.15) is 36.2 Å². The van der Waals surface area contributed by atoms with Crippen LogP contribution in [0.2, 0.25) is 0 Å². The number of aryl methyl sites for hydroxylation is 3. The molecule has 2 aliphatic rings. The zero-order chi connectivity index (χ0) is 23.9. The molecule has 34 heavy (non-hydrogen) atoms. The van der Waals surface area contributed by atoms with Crippen molar-refractivity contribution < 1.29 is 17.6 Å². The van der Waals surface area contributed by atoms with E-state index in [2.05, 4.69) is 20.8 Å². The standard InChI is InChI=1S/C23H25FN6O3S/c1-15-26-27-28-30(15)22-14-19(6-8-21(22)24)25-23(31)17-9-11-29(12-10-17)34(32,33)20-7-5-16-3-2-4-18(16)13-20/h5-8,13-14,17H,2-4,9-12H2,1H3,(H,25,31). The number of hydrogen-bond acceptors (Lipinski definition) is 6. The summed E-state index contributed by atoms with van der Waals surface area (Å²) in [6.07, 6.45) is 3.80. The molecule has 2 heterocycles. The van der Waals surface area contributed by atoms with Crippen LogP contribution in [-0.2, 0) is 27.7 Å². The molecule has 1 N–H and O–H groups in total. The number of nitrogens with one attached hydrogen (secondary N) is 1. The highest BCUT2D eigenvalue weighted by Gasteiger charge is 2.32. The summed E-state index contributed by atoms with van der Waals surface area (Å²) in [6, 6.07) is 9.61. The summed E-state index contributed by atoms with van der Waals surface area (Å²) in [5.74, 6) is -0.659. The highest BCUT2D eigenvalue weighted by molar-refractivity contribution is 7.89. The maximum Gasteiger partial charge on any atom is 0.243 e. The lowest BCUT2D eigenvalue weighted by Gasteiger charge is -2.30. The Morgan fingerprint density at radius 1 is 1.09 bits per heavy atom. The van der Waals surface area contributed by atoms with Gasteiger partial charge in [0.15, 0.2) is 5.82 Å². The minimum atomic E-state index is -3.59. The highest BCUT2D eigenvalue weighted by Crippen LogP contribution is 2.29. The van der Waals surface area contributed by atoms with Crippen LogP contribution in [0.25, 0.3) is 5.69 Å². The van der Waals surface area contributed by atoms with Crippen LogP contribution in [0.4, 0.5) is 10.1 Å². The molecule has 178 valence electrons. The van der Waals surface area contributed by atoms with Gasteiger partial charge in [-0.25, -0.2) is 12.8 Å². The van der Waals surface area contributed by atoms with Crippen LogP contribution < -0.4 is 5.32 Å². The Balaban J connectivity index is 1.24. The predicted octanol–water partition coefficient (Wildman–Crippen LogP) is 2.64. The van der Waals surface area contributed by atoms with Crippen molar-refractivity contribution >= 4 is 21.6 Å². The summed E-state index contributed by atoms with van der Waals surface area (Å²) >= 11 is 0. The number of hydrogen-bond donors (Lipinski definition) is 1. The van der Waals surface area contributed by atoms with E-state index in [-0.39, 0.29) is 30.6 Å². The summed E-state index contributed by atoms with van der Waals surface area (Å²) in [4.78, 5) is 13.2. The topological polar surface area (TPSA) is 110 Å². The van der Waals surface area contributed by atoms with Crippen LogP contribution >= 0.6 is 0 Å². The first-order valence-electron chi connectivity index (χ1n) is 11.3. The molecule has 1 fully saturated rings. The third-order valence-corrected chi connectivity index (χ3v) is 8.49. The number of piperidine rings is 1. The lowest BCUT2D eigenvalue weighted by atomic mass is 9.97. The summed E-state index contributed by atoms with van der Waals surface area (Å²) < 4.78 is 43.3. The van der Waals surface area contributed by atoms with Gasteiger partial charge in [0, 0.05) is 24.7 Å². The number of benzene rings is 2. The van der Waals surface area contributed by atoms with Gasteiger partial charge in [-0.3, -0.25) is 4.79 Å². The second kappa shape index (κ2) is 8.88. The van der Waals surface area contributed by atoms with Crippen molar-refractivity contribution in [3.63, 3.8) is 0 Å². The first kappa shape index (κ1) is 22.6. The number of sulfonamides is 1. The van der Waals surface area contributed by atoms with E-state index in [1.165, 1.54) is 32.7 Å². The van der Waals surface area contributed by atoms with Crippen LogP contribution in [0.3, 0.4) is 0 Å². The molecule has 1 amide bonds. The number of carbonyl (C=O) groups is 1. The molecular formula is C23H25FN6O3S. The lowest BCUT2D eigenvalue weighted by molar-refractivity contribution is -0.120. The zero-order valence-electron chi connectivity index (χ0n) is 18.7. The molecule has 1 aliphatic heterocycles. The van der Waals surface area contributed by atoms with Gasteiger partial charge in [0.1, 0.15) is 11.5 Å². The Labute approximate surface area is 197 Å². The Kier molecular flexibility index (Phi) is 5.90. The van der Waals surface area contributed by atoms with Crippen molar-refractivity contribution in [1.29, 1.82) is 0 Å². The van der Waals surface area contributed by atoms with E-state index in [0.717, 1.165) is 24.8 Å². The van der Waals surface area contributed by atoms with Gasteiger partial charge in [-0.1, -0.05) is 6.07 Å². The fourth-order valence-corrected chi connectivity index (χ4v) is 6.19. The Bertz CT molecular complexity index is 1350. The number of amides is 1. The number of halogens is 1. The average Bonchev–Trinajstić information content (AvgIpc) is 3.48. The van der Waals surface area contributed by atoms with E-state index < -0.39 is 15.8 Å². The SMILES string of the molecule is Cc1nnnn1-c1cc(NC(=O)C2CCN(S(=O)(=O)c3ccc4c(c3)CCC4)CC2)ccc1F. The van der Waals surface area contributed by atoms with Gasteiger partial charge in [0.2, 0.25) is 15.9 Å². The fraction of sp³-hybridized carbons (Fsp3) is 0.391. The molecular weight excluding hydrogens is 459 g/mol. The zero-order valence-corrected chi connectivity index (χ0v) is 19.6. The predicted molar refractivity (Wildman–Crippen MR) is 122 cm³/mol. The highest BCUT2D eigenvalue weighted by atomic mass is 32.2. The quantitative estimate of drug-likeness (QED) is 0.596. The molecule has 9 nitrogen and oxygen atoms in total. The molecule has 0 saturated carbocycles. The summed E-state index contributed by atoms with van der Waals surface area (Å²) in [5.41, 5.74) is 2.90. The number of aromatic nitrogens is 4. The fourth-order valence-electron chi connectivity index (χ4n) is 4.67. The third-order valence-electron chi connectivity index (χ3n) is 6.60. The molecule has 0 bridgehead atoms. The van der Waals surface area contributed by atoms with Gasteiger partial charge in [0.25, 0.3) is 0 Å². The van der Waals surface area contributed by atoms with E-state index in [0.29, 0.717) is 29.2 Å². The summed E-state index contributed by atoms with van der Waals surface area (Å²) in [6.45, 7) is 2.20. The molecule has 3 aromatic rings. The van der Waals surface area contributed by atoms with Crippen molar-refractivity contribution in [2.24, 2.45) is 5.92 Å². The second-order valence-electron chi connectivity index (χ2n) is 8.76. The van der Waals surface area contributed by atoms with E-state index in [4.69, 9.17) is 0 Å². The molecule has 0 unspecified atom stereocenters. The number of nitrogens with zero attached hydrogens (tertiary/aromatic N) is 5. The smallest absolute Gasteiger partial charge is 0.243 e. The van der Waals surface area contributed by atoms with E-state index in [1.807, 2.05) is 6.07 Å². The summed E-state index contributed by atoms with van der Waals surface area (Å²) in [5, 5.41) is 13.9. The van der Waals surface area contributed by atoms with Crippen LogP contribution in [0.5, 0.6) is 0 Å². The minimum Gasteiger partial charge on any atom is -0.326 e. The maximum atomic E-state index is 14.3. The third kappa shape index (κ3) is 4.21. The van der Waals surface area contributed by atoms with Crippen molar-refractivity contribution in [1.82, 2.24) is 24.5 Å². The van der Waals surface area contributed by atoms with Crippen molar-refractivity contribution in [2.45, 2.75) is 43.9 Å². The molecule has 0 spiro atoms. The molecule has 2 aromatic carbocycles. The molecule has 1 saturated heterocycles.